The van der Waals surface area contributed by atoms with Gasteiger partial charge in [-0.2, -0.15) is 0 Å². The summed E-state index contributed by atoms with van der Waals surface area (Å²) in [6.07, 6.45) is 3.09. The first-order chi connectivity index (χ1) is 10.1. The Morgan fingerprint density at radius 2 is 2.00 bits per heavy atom. The van der Waals surface area contributed by atoms with E-state index in [1.165, 1.54) is 6.08 Å². The highest BCUT2D eigenvalue weighted by molar-refractivity contribution is 6.29. The molecule has 0 saturated heterocycles. The van der Waals surface area contributed by atoms with Crippen molar-refractivity contribution in [1.29, 1.82) is 0 Å². The summed E-state index contributed by atoms with van der Waals surface area (Å²) >= 11 is 5.80. The molecular weight excluding hydrogens is 290 g/mol. The first-order valence-electron chi connectivity index (χ1n) is 6.21. The highest BCUT2D eigenvalue weighted by Gasteiger charge is 2.03. The molecule has 0 aliphatic carbocycles. The zero-order valence-electron chi connectivity index (χ0n) is 11.6. The van der Waals surface area contributed by atoms with Gasteiger partial charge in [-0.05, 0) is 36.8 Å². The SMILES string of the molecule is COc1ccc(/C=C/C(=O)Nc2nc(C)cc(Cl)n2)cc1. The number of halogens is 1. The smallest absolute Gasteiger partial charge is 0.250 e. The Labute approximate surface area is 127 Å². The van der Waals surface area contributed by atoms with Crippen molar-refractivity contribution in [1.82, 2.24) is 9.97 Å². The van der Waals surface area contributed by atoms with E-state index in [4.69, 9.17) is 16.3 Å². The van der Waals surface area contributed by atoms with Crippen LogP contribution < -0.4 is 10.1 Å². The lowest BCUT2D eigenvalue weighted by Gasteiger charge is -2.02. The fourth-order valence-electron chi connectivity index (χ4n) is 1.62. The summed E-state index contributed by atoms with van der Waals surface area (Å²) < 4.78 is 5.06. The van der Waals surface area contributed by atoms with Crippen molar-refractivity contribution in [3.05, 3.63) is 52.8 Å². The highest BCUT2D eigenvalue weighted by atomic mass is 35.5. The molecule has 2 rings (SSSR count). The molecule has 0 unspecified atom stereocenters. The number of anilines is 1. The van der Waals surface area contributed by atoms with Crippen molar-refractivity contribution >= 4 is 29.5 Å². The molecular formula is C15H14ClN3O2. The van der Waals surface area contributed by atoms with Crippen molar-refractivity contribution in [3.63, 3.8) is 0 Å². The van der Waals surface area contributed by atoms with Crippen LogP contribution >= 0.6 is 11.6 Å². The molecule has 0 bridgehead atoms. The molecule has 1 aromatic carbocycles. The number of aromatic nitrogens is 2. The molecule has 0 saturated carbocycles. The number of amides is 1. The van der Waals surface area contributed by atoms with Gasteiger partial charge in [-0.15, -0.1) is 0 Å². The summed E-state index contributed by atoms with van der Waals surface area (Å²) in [6.45, 7) is 1.77. The summed E-state index contributed by atoms with van der Waals surface area (Å²) in [6, 6.07) is 8.96. The van der Waals surface area contributed by atoms with E-state index in [-0.39, 0.29) is 17.0 Å². The Hall–Kier alpha value is -2.40. The van der Waals surface area contributed by atoms with Crippen LogP contribution in [0.5, 0.6) is 5.75 Å². The van der Waals surface area contributed by atoms with Crippen LogP contribution in [-0.2, 0) is 4.79 Å². The van der Waals surface area contributed by atoms with Gasteiger partial charge in [0.25, 0.3) is 5.91 Å². The third kappa shape index (κ3) is 4.57. The molecule has 0 spiro atoms. The molecule has 21 heavy (non-hydrogen) atoms. The predicted octanol–water partition coefficient (Wildman–Crippen LogP) is 3.10. The summed E-state index contributed by atoms with van der Waals surface area (Å²) in [7, 11) is 1.60. The number of methoxy groups -OCH3 is 1. The van der Waals surface area contributed by atoms with Crippen LogP contribution in [0, 0.1) is 6.92 Å². The number of carbonyl (C=O) groups is 1. The molecule has 1 heterocycles. The first kappa shape index (κ1) is 15.0. The third-order valence-corrected chi connectivity index (χ3v) is 2.79. The number of aryl methyl sites for hydroxylation is 1. The maximum atomic E-state index is 11.8. The third-order valence-electron chi connectivity index (χ3n) is 2.60. The van der Waals surface area contributed by atoms with E-state index in [1.807, 2.05) is 24.3 Å². The lowest BCUT2D eigenvalue weighted by atomic mass is 10.2. The topological polar surface area (TPSA) is 64.1 Å². The van der Waals surface area contributed by atoms with Gasteiger partial charge in [0, 0.05) is 11.8 Å². The second-order valence-corrected chi connectivity index (χ2v) is 4.64. The Kier molecular flexibility index (Phi) is 4.90. The van der Waals surface area contributed by atoms with Gasteiger partial charge in [0.1, 0.15) is 10.9 Å². The molecule has 0 atom stereocenters. The normalized spacial score (nSPS) is 10.6. The van der Waals surface area contributed by atoms with Crippen molar-refractivity contribution in [2.45, 2.75) is 6.92 Å². The van der Waals surface area contributed by atoms with Gasteiger partial charge in [0.05, 0.1) is 7.11 Å². The predicted molar refractivity (Wildman–Crippen MR) is 82.4 cm³/mol. The molecule has 1 N–H and O–H groups in total. The maximum absolute atomic E-state index is 11.8. The summed E-state index contributed by atoms with van der Waals surface area (Å²) in [5.41, 5.74) is 1.57. The molecule has 0 aliphatic rings. The van der Waals surface area contributed by atoms with Crippen molar-refractivity contribution in [2.75, 3.05) is 12.4 Å². The summed E-state index contributed by atoms with van der Waals surface area (Å²) in [4.78, 5) is 19.8. The van der Waals surface area contributed by atoms with Crippen molar-refractivity contribution in [3.8, 4) is 5.75 Å². The molecule has 6 heteroatoms. The van der Waals surface area contributed by atoms with Crippen LogP contribution in [0.25, 0.3) is 6.08 Å². The second-order valence-electron chi connectivity index (χ2n) is 4.25. The lowest BCUT2D eigenvalue weighted by molar-refractivity contribution is -0.111. The van der Waals surface area contributed by atoms with E-state index >= 15 is 0 Å². The minimum absolute atomic E-state index is 0.185. The van der Waals surface area contributed by atoms with E-state index in [0.717, 1.165) is 11.3 Å². The monoisotopic (exact) mass is 303 g/mol. The summed E-state index contributed by atoms with van der Waals surface area (Å²) in [5.74, 6) is 0.622. The van der Waals surface area contributed by atoms with E-state index in [2.05, 4.69) is 15.3 Å². The van der Waals surface area contributed by atoms with Crippen LogP contribution in [0.3, 0.4) is 0 Å². The van der Waals surface area contributed by atoms with E-state index in [1.54, 1.807) is 26.2 Å². The number of nitrogens with zero attached hydrogens (tertiary/aromatic N) is 2. The molecule has 1 amide bonds. The van der Waals surface area contributed by atoms with Gasteiger partial charge in [-0.25, -0.2) is 9.97 Å². The molecule has 108 valence electrons. The van der Waals surface area contributed by atoms with Gasteiger partial charge in [-0.1, -0.05) is 23.7 Å². The van der Waals surface area contributed by atoms with Crippen molar-refractivity contribution < 1.29 is 9.53 Å². The Bertz CT molecular complexity index is 649. The molecule has 0 aliphatic heterocycles. The first-order valence-corrected chi connectivity index (χ1v) is 6.59. The van der Waals surface area contributed by atoms with Crippen LogP contribution in [0.1, 0.15) is 11.3 Å². The van der Waals surface area contributed by atoms with Gasteiger partial charge in [0.15, 0.2) is 0 Å². The van der Waals surface area contributed by atoms with Crippen molar-refractivity contribution in [2.24, 2.45) is 0 Å². The van der Waals surface area contributed by atoms with E-state index < -0.39 is 0 Å². The Morgan fingerprint density at radius 1 is 1.29 bits per heavy atom. The number of hydrogen-bond acceptors (Lipinski definition) is 4. The van der Waals surface area contributed by atoms with Gasteiger partial charge >= 0.3 is 0 Å². The number of hydrogen-bond donors (Lipinski definition) is 1. The Balaban J connectivity index is 2.01. The van der Waals surface area contributed by atoms with E-state index in [0.29, 0.717) is 5.69 Å². The average molecular weight is 304 g/mol. The Morgan fingerprint density at radius 3 is 2.62 bits per heavy atom. The van der Waals surface area contributed by atoms with Crippen LogP contribution in [-0.4, -0.2) is 23.0 Å². The largest absolute Gasteiger partial charge is 0.497 e. The molecule has 1 aromatic heterocycles. The average Bonchev–Trinajstić information content (AvgIpc) is 2.44. The molecule has 0 fully saturated rings. The number of carbonyl (C=O) groups excluding carboxylic acids is 1. The summed E-state index contributed by atoms with van der Waals surface area (Å²) in [5, 5.41) is 2.85. The maximum Gasteiger partial charge on any atom is 0.250 e. The quantitative estimate of drug-likeness (QED) is 0.696. The number of benzene rings is 1. The number of rotatable bonds is 4. The number of nitrogens with one attached hydrogen (secondary N) is 1. The second kappa shape index (κ2) is 6.85. The number of ether oxygens (including phenoxy) is 1. The molecule has 0 radical (unpaired) electrons. The fraction of sp³-hybridized carbons (Fsp3) is 0.133. The van der Waals surface area contributed by atoms with Gasteiger partial charge in [0.2, 0.25) is 5.95 Å². The standard InChI is InChI=1S/C15H14ClN3O2/c1-10-9-13(16)18-15(17-10)19-14(20)8-5-11-3-6-12(21-2)7-4-11/h3-9H,1-2H3,(H,17,18,19,20)/b8-5+. The van der Waals surface area contributed by atoms with Crippen LogP contribution in [0.15, 0.2) is 36.4 Å². The minimum atomic E-state index is -0.326. The minimum Gasteiger partial charge on any atom is -0.497 e. The lowest BCUT2D eigenvalue weighted by Crippen LogP contribution is -2.11. The fourth-order valence-corrected chi connectivity index (χ4v) is 1.86. The van der Waals surface area contributed by atoms with Crippen LogP contribution in [0.4, 0.5) is 5.95 Å². The van der Waals surface area contributed by atoms with E-state index in [9.17, 15) is 4.79 Å². The zero-order chi connectivity index (χ0) is 15.2. The van der Waals surface area contributed by atoms with Crippen LogP contribution in [0.2, 0.25) is 5.15 Å². The van der Waals surface area contributed by atoms with Gasteiger partial charge < -0.3 is 4.74 Å². The zero-order valence-corrected chi connectivity index (χ0v) is 12.4. The molecule has 2 aromatic rings. The van der Waals surface area contributed by atoms with Gasteiger partial charge in [-0.3, -0.25) is 10.1 Å². The molecule has 5 nitrogen and oxygen atoms in total. The highest BCUT2D eigenvalue weighted by Crippen LogP contribution is 2.13.